The van der Waals surface area contributed by atoms with Gasteiger partial charge in [0.15, 0.2) is 0 Å². The summed E-state index contributed by atoms with van der Waals surface area (Å²) in [5.74, 6) is -2.17. The summed E-state index contributed by atoms with van der Waals surface area (Å²) in [6.45, 7) is 6.55. The van der Waals surface area contributed by atoms with E-state index in [2.05, 4.69) is 13.8 Å². The van der Waals surface area contributed by atoms with E-state index in [4.69, 9.17) is 19.8 Å². The van der Waals surface area contributed by atoms with Crippen LogP contribution in [0.15, 0.2) is 0 Å². The molecule has 0 bridgehead atoms. The van der Waals surface area contributed by atoms with Crippen molar-refractivity contribution in [1.82, 2.24) is 0 Å². The smallest absolute Gasteiger partial charge is 4.00 e. The third-order valence-electron chi connectivity index (χ3n) is 3.41. The monoisotopic (exact) mass is 584 g/mol. The van der Waals surface area contributed by atoms with E-state index < -0.39 is 11.9 Å². The van der Waals surface area contributed by atoms with Crippen molar-refractivity contribution in [2.45, 2.75) is 114 Å². The standard InChI is InChI=1S/2C8H17.2C2H4O2.2Sn/c2*1-3-5-7-8-6-4-2;2*1-2(3)4;;/h2*1,3-8H2,2H3;2*1H3,(H,3,4);;/q;;;;+2;+4/p-2. The van der Waals surface area contributed by atoms with Gasteiger partial charge in [0.1, 0.15) is 0 Å². The number of carboxylic acids is 2. The van der Waals surface area contributed by atoms with Crippen molar-refractivity contribution in [3.8, 4) is 0 Å². The third kappa shape index (κ3) is 64.3. The number of aliphatic carboxylic acids is 2. The van der Waals surface area contributed by atoms with E-state index in [1.54, 1.807) is 21.7 Å². The molecule has 0 rings (SSSR count). The van der Waals surface area contributed by atoms with Crippen LogP contribution in [-0.4, -0.2) is 57.0 Å². The van der Waals surface area contributed by atoms with Crippen molar-refractivity contribution in [1.29, 1.82) is 0 Å². The van der Waals surface area contributed by atoms with Crippen LogP contribution in [0.3, 0.4) is 0 Å². The van der Waals surface area contributed by atoms with E-state index in [0.717, 1.165) is 13.8 Å². The Morgan fingerprint density at radius 3 is 1.12 bits per heavy atom. The van der Waals surface area contributed by atoms with Crippen molar-refractivity contribution in [3.63, 3.8) is 0 Å². The molecule has 0 heterocycles. The molecular formula is C20H40O4Sn2+4. The van der Waals surface area contributed by atoms with E-state index in [-0.39, 0.29) is 45.0 Å². The molecule has 0 unspecified atom stereocenters. The van der Waals surface area contributed by atoms with E-state index in [9.17, 15) is 0 Å². The van der Waals surface area contributed by atoms with Gasteiger partial charge in [-0.05, 0) is 13.8 Å². The fraction of sp³-hybridized carbons (Fsp3) is 0.900. The van der Waals surface area contributed by atoms with Crippen molar-refractivity contribution < 1.29 is 19.8 Å². The van der Waals surface area contributed by atoms with E-state index >= 15 is 0 Å². The van der Waals surface area contributed by atoms with Gasteiger partial charge in [0.25, 0.3) is 0 Å². The van der Waals surface area contributed by atoms with Gasteiger partial charge >= 0.3 is 145 Å². The molecule has 0 amide bonds. The molecule has 26 heavy (non-hydrogen) atoms. The van der Waals surface area contributed by atoms with Crippen LogP contribution in [0.2, 0.25) is 8.87 Å². The SMILES string of the molecule is CC(=O)[O-].CC(=O)[O-].CCCCCCC[CH2][Sn+2][CH2]CCCCCCC.[Sn+4]. The van der Waals surface area contributed by atoms with Gasteiger partial charge in [-0.3, -0.25) is 0 Å². The number of rotatable bonds is 14. The third-order valence-corrected chi connectivity index (χ3v) is 7.45. The summed E-state index contributed by atoms with van der Waals surface area (Å²) in [6.07, 6.45) is 17.8. The zero-order chi connectivity index (χ0) is 19.8. The van der Waals surface area contributed by atoms with Gasteiger partial charge < -0.3 is 19.8 Å². The molecule has 0 aliphatic heterocycles. The van der Waals surface area contributed by atoms with E-state index in [0.29, 0.717) is 0 Å². The Balaban J connectivity index is -0.000000226. The minimum absolute atomic E-state index is 0. The molecule has 0 N–H and O–H groups in total. The Labute approximate surface area is 189 Å². The average molecular weight is 582 g/mol. The molecule has 0 saturated carbocycles. The quantitative estimate of drug-likeness (QED) is 0.233. The fourth-order valence-corrected chi connectivity index (χ4v) is 5.75. The summed E-state index contributed by atoms with van der Waals surface area (Å²) in [4.78, 5) is 17.8. The topological polar surface area (TPSA) is 80.3 Å². The molecule has 6 heteroatoms. The first-order valence-corrected chi connectivity index (χ1v) is 14.0. The van der Waals surface area contributed by atoms with E-state index in [1.807, 2.05) is 0 Å². The minimum Gasteiger partial charge on any atom is 4.00 e. The molecular weight excluding hydrogens is 542 g/mol. The molecule has 0 atom stereocenters. The van der Waals surface area contributed by atoms with Crippen molar-refractivity contribution in [3.05, 3.63) is 0 Å². The zero-order valence-corrected chi connectivity index (χ0v) is 23.2. The molecule has 0 aliphatic rings. The maximum atomic E-state index is 8.89. The zero-order valence-electron chi connectivity index (χ0n) is 17.5. The van der Waals surface area contributed by atoms with Gasteiger partial charge in [0.05, 0.1) is 0 Å². The Kier molecular flexibility index (Phi) is 43.4. The molecule has 148 valence electrons. The van der Waals surface area contributed by atoms with Crippen LogP contribution in [-0.2, 0) is 9.59 Å². The second-order valence-electron chi connectivity index (χ2n) is 6.27. The maximum Gasteiger partial charge on any atom is 4.00 e. The molecule has 0 aromatic heterocycles. The van der Waals surface area contributed by atoms with Crippen LogP contribution in [0.1, 0.15) is 105 Å². The largest absolute Gasteiger partial charge is 4.00 e. The summed E-state index contributed by atoms with van der Waals surface area (Å²) in [7, 11) is 0. The summed E-state index contributed by atoms with van der Waals surface area (Å²) < 4.78 is 3.31. The van der Waals surface area contributed by atoms with Gasteiger partial charge in [0.2, 0.25) is 0 Å². The predicted molar refractivity (Wildman–Crippen MR) is 109 cm³/mol. The summed E-state index contributed by atoms with van der Waals surface area (Å²) >= 11 is 0.0736. The van der Waals surface area contributed by atoms with Crippen molar-refractivity contribution >= 4 is 57.0 Å². The predicted octanol–water partition coefficient (Wildman–Crippen LogP) is 3.38. The molecule has 0 aromatic carbocycles. The average Bonchev–Trinajstić information content (AvgIpc) is 2.51. The summed E-state index contributed by atoms with van der Waals surface area (Å²) in [5, 5.41) is 17.8. The minimum atomic E-state index is -1.08. The fourth-order valence-electron chi connectivity index (χ4n) is 2.19. The van der Waals surface area contributed by atoms with Crippen LogP contribution < -0.4 is 10.2 Å². The van der Waals surface area contributed by atoms with Gasteiger partial charge in [0, 0.05) is 11.9 Å². The first kappa shape index (κ1) is 34.1. The second-order valence-corrected chi connectivity index (χ2v) is 10.5. The van der Waals surface area contributed by atoms with Gasteiger partial charge in [-0.1, -0.05) is 0 Å². The van der Waals surface area contributed by atoms with Crippen LogP contribution in [0, 0.1) is 0 Å². The normalized spacial score (nSPS) is 8.77. The Morgan fingerprint density at radius 2 is 0.846 bits per heavy atom. The number of carboxylic acid groups (broad SMARTS) is 2. The second kappa shape index (κ2) is 33.1. The van der Waals surface area contributed by atoms with Crippen LogP contribution in [0.25, 0.3) is 0 Å². The molecule has 0 spiro atoms. The first-order chi connectivity index (χ1) is 11.9. The van der Waals surface area contributed by atoms with E-state index in [1.165, 1.54) is 64.2 Å². The Bertz CT molecular complexity index is 241. The summed E-state index contributed by atoms with van der Waals surface area (Å²) in [5.41, 5.74) is 0. The Hall–Kier alpha value is 0.537. The first-order valence-electron chi connectivity index (χ1n) is 9.94. The van der Waals surface area contributed by atoms with Crippen molar-refractivity contribution in [2.24, 2.45) is 0 Å². The summed E-state index contributed by atoms with van der Waals surface area (Å²) in [6, 6.07) is 0. The maximum absolute atomic E-state index is 8.89. The van der Waals surface area contributed by atoms with Crippen LogP contribution >= 0.6 is 0 Å². The van der Waals surface area contributed by atoms with Crippen LogP contribution in [0.5, 0.6) is 0 Å². The molecule has 0 fully saturated rings. The molecule has 0 aromatic rings. The van der Waals surface area contributed by atoms with Crippen LogP contribution in [0.4, 0.5) is 0 Å². The van der Waals surface area contributed by atoms with Crippen molar-refractivity contribution in [2.75, 3.05) is 0 Å². The molecule has 0 saturated heterocycles. The molecule has 0 aliphatic carbocycles. The number of carbonyl (C=O) groups excluding carboxylic acids is 2. The van der Waals surface area contributed by atoms with Gasteiger partial charge in [-0.15, -0.1) is 0 Å². The molecule has 4 nitrogen and oxygen atoms in total. The van der Waals surface area contributed by atoms with Gasteiger partial charge in [-0.2, -0.15) is 0 Å². The number of carbonyl (C=O) groups is 2. The number of hydrogen-bond donors (Lipinski definition) is 0. The van der Waals surface area contributed by atoms with Gasteiger partial charge in [-0.25, -0.2) is 0 Å². The number of unbranched alkanes of at least 4 members (excludes halogenated alkanes) is 10. The Morgan fingerprint density at radius 1 is 0.615 bits per heavy atom. The molecule has 0 radical (unpaired) electrons. The number of hydrogen-bond acceptors (Lipinski definition) is 4.